The van der Waals surface area contributed by atoms with Crippen LogP contribution in [-0.4, -0.2) is 20.0 Å². The molecule has 1 amide bonds. The molecule has 8 nitrogen and oxygen atoms in total. The number of nitro groups is 1. The van der Waals surface area contributed by atoms with Crippen LogP contribution in [0.3, 0.4) is 0 Å². The summed E-state index contributed by atoms with van der Waals surface area (Å²) in [7, 11) is 0. The van der Waals surface area contributed by atoms with Gasteiger partial charge in [0.15, 0.2) is 0 Å². The number of carbonyl (C=O) groups excluding carboxylic acids is 1. The van der Waals surface area contributed by atoms with Crippen molar-refractivity contribution in [1.29, 1.82) is 0 Å². The molecule has 0 bridgehead atoms. The second-order valence-electron chi connectivity index (χ2n) is 6.58. The molecule has 0 unspecified atom stereocenters. The Balaban J connectivity index is 1.79. The van der Waals surface area contributed by atoms with Gasteiger partial charge in [0.05, 0.1) is 27.2 Å². The van der Waals surface area contributed by atoms with E-state index in [2.05, 4.69) is 5.32 Å². The number of nitro benzene ring substituents is 1. The summed E-state index contributed by atoms with van der Waals surface area (Å²) in [4.78, 5) is 35.7. The molecule has 2 aromatic carbocycles. The number of amides is 1. The quantitative estimate of drug-likeness (QED) is 0.500. The number of aryl methyl sites for hydroxylation is 2. The molecule has 0 atom stereocenters. The molecule has 1 heterocycles. The molecule has 8 heteroatoms. The molecule has 0 spiro atoms. The van der Waals surface area contributed by atoms with E-state index in [9.17, 15) is 19.7 Å². The van der Waals surface area contributed by atoms with Crippen molar-refractivity contribution < 1.29 is 9.72 Å². The number of hydrogen-bond donors (Lipinski definition) is 1. The number of nitrogens with one attached hydrogen (secondary N) is 1. The Kier molecular flexibility index (Phi) is 5.58. The maximum Gasteiger partial charge on any atom is 0.329 e. The maximum atomic E-state index is 12.7. The summed E-state index contributed by atoms with van der Waals surface area (Å²) in [5.74, 6) is -0.303. The number of anilines is 1. The number of hydrogen-bond acceptors (Lipinski definition) is 4. The zero-order valence-corrected chi connectivity index (χ0v) is 15.8. The van der Waals surface area contributed by atoms with Crippen LogP contribution >= 0.6 is 0 Å². The normalized spacial score (nSPS) is 10.9. The Labute approximate surface area is 161 Å². The van der Waals surface area contributed by atoms with E-state index in [1.54, 1.807) is 22.1 Å². The van der Waals surface area contributed by atoms with E-state index in [0.717, 1.165) is 17.5 Å². The molecule has 0 saturated carbocycles. The van der Waals surface area contributed by atoms with Crippen LogP contribution in [0.25, 0.3) is 11.0 Å². The lowest BCUT2D eigenvalue weighted by Gasteiger charge is -2.09. The van der Waals surface area contributed by atoms with Crippen molar-refractivity contribution in [3.8, 4) is 0 Å². The van der Waals surface area contributed by atoms with Gasteiger partial charge < -0.3 is 5.32 Å². The maximum absolute atomic E-state index is 12.7. The van der Waals surface area contributed by atoms with E-state index in [1.807, 2.05) is 31.2 Å². The van der Waals surface area contributed by atoms with Crippen LogP contribution < -0.4 is 11.0 Å². The SMILES string of the molecule is CCCn1c(=O)n(CCC(=O)Nc2cccc([N+](=O)[O-])c2C)c2ccccc21. The monoisotopic (exact) mass is 382 g/mol. The van der Waals surface area contributed by atoms with E-state index in [4.69, 9.17) is 0 Å². The molecule has 0 aliphatic heterocycles. The summed E-state index contributed by atoms with van der Waals surface area (Å²) >= 11 is 0. The van der Waals surface area contributed by atoms with Gasteiger partial charge in [0.25, 0.3) is 5.69 Å². The van der Waals surface area contributed by atoms with Gasteiger partial charge >= 0.3 is 5.69 Å². The molecular formula is C20H22N4O4. The van der Waals surface area contributed by atoms with Crippen molar-refractivity contribution in [2.75, 3.05) is 5.32 Å². The van der Waals surface area contributed by atoms with E-state index < -0.39 is 4.92 Å². The molecule has 0 aliphatic rings. The van der Waals surface area contributed by atoms with E-state index in [1.165, 1.54) is 12.1 Å². The lowest BCUT2D eigenvalue weighted by molar-refractivity contribution is -0.385. The fourth-order valence-corrected chi connectivity index (χ4v) is 3.31. The number of carbonyl (C=O) groups is 1. The molecule has 1 aromatic heterocycles. The number of nitrogens with zero attached hydrogens (tertiary/aromatic N) is 3. The molecule has 146 valence electrons. The van der Waals surface area contributed by atoms with Crippen molar-refractivity contribution in [1.82, 2.24) is 9.13 Å². The van der Waals surface area contributed by atoms with Crippen LogP contribution in [0.15, 0.2) is 47.3 Å². The van der Waals surface area contributed by atoms with Gasteiger partial charge in [-0.15, -0.1) is 0 Å². The highest BCUT2D eigenvalue weighted by atomic mass is 16.6. The van der Waals surface area contributed by atoms with E-state index >= 15 is 0 Å². The third kappa shape index (κ3) is 3.66. The minimum absolute atomic E-state index is 0.0448. The van der Waals surface area contributed by atoms with Gasteiger partial charge in [-0.2, -0.15) is 0 Å². The number of aromatic nitrogens is 2. The molecule has 0 radical (unpaired) electrons. The molecule has 0 saturated heterocycles. The smallest absolute Gasteiger partial charge is 0.326 e. The summed E-state index contributed by atoms with van der Waals surface area (Å²) in [6, 6.07) is 12.1. The van der Waals surface area contributed by atoms with E-state index in [0.29, 0.717) is 17.8 Å². The van der Waals surface area contributed by atoms with Gasteiger partial charge in [0.2, 0.25) is 5.91 Å². The van der Waals surface area contributed by atoms with E-state index in [-0.39, 0.29) is 30.2 Å². The Morgan fingerprint density at radius 2 is 1.71 bits per heavy atom. The van der Waals surface area contributed by atoms with Crippen molar-refractivity contribution >= 4 is 28.3 Å². The highest BCUT2D eigenvalue weighted by Crippen LogP contribution is 2.25. The van der Waals surface area contributed by atoms with Crippen LogP contribution in [-0.2, 0) is 17.9 Å². The number of imidazole rings is 1. The average molecular weight is 382 g/mol. The van der Waals surface area contributed by atoms with Gasteiger partial charge in [0, 0.05) is 25.6 Å². The molecule has 3 rings (SSSR count). The standard InChI is InChI=1S/C20H22N4O4/c1-3-12-22-17-8-4-5-9-18(17)23(20(22)26)13-11-19(25)21-15-7-6-10-16(14(15)2)24(27)28/h4-10H,3,11-13H2,1-2H3,(H,21,25). The summed E-state index contributed by atoms with van der Waals surface area (Å²) in [6.45, 7) is 4.45. The molecule has 3 aromatic rings. The fourth-order valence-electron chi connectivity index (χ4n) is 3.31. The second-order valence-corrected chi connectivity index (χ2v) is 6.58. The Bertz CT molecular complexity index is 1100. The molecule has 0 fully saturated rings. The van der Waals surface area contributed by atoms with Crippen LogP contribution in [0.1, 0.15) is 25.3 Å². The van der Waals surface area contributed by atoms with Crippen LogP contribution in [0.4, 0.5) is 11.4 Å². The first-order valence-corrected chi connectivity index (χ1v) is 9.16. The van der Waals surface area contributed by atoms with Gasteiger partial charge in [-0.25, -0.2) is 4.79 Å². The molecule has 28 heavy (non-hydrogen) atoms. The lowest BCUT2D eigenvalue weighted by atomic mass is 10.1. The fraction of sp³-hybridized carbons (Fsp3) is 0.300. The van der Waals surface area contributed by atoms with Gasteiger partial charge in [-0.3, -0.25) is 24.0 Å². The average Bonchev–Trinajstić information content (AvgIpc) is 2.93. The van der Waals surface area contributed by atoms with Crippen LogP contribution in [0.5, 0.6) is 0 Å². The summed E-state index contributed by atoms with van der Waals surface area (Å²) in [6.07, 6.45) is 0.919. The third-order valence-corrected chi connectivity index (χ3v) is 4.71. The highest BCUT2D eigenvalue weighted by Gasteiger charge is 2.16. The van der Waals surface area contributed by atoms with Crippen molar-refractivity contribution in [3.63, 3.8) is 0 Å². The Hall–Kier alpha value is -3.42. The predicted octanol–water partition coefficient (Wildman–Crippen LogP) is 3.46. The highest BCUT2D eigenvalue weighted by molar-refractivity contribution is 5.92. The van der Waals surface area contributed by atoms with Crippen molar-refractivity contribution in [3.05, 3.63) is 68.6 Å². The minimum atomic E-state index is -0.479. The van der Waals surface area contributed by atoms with Crippen molar-refractivity contribution in [2.24, 2.45) is 0 Å². The summed E-state index contributed by atoms with van der Waals surface area (Å²) < 4.78 is 3.32. The lowest BCUT2D eigenvalue weighted by Crippen LogP contribution is -2.26. The molecule has 0 aliphatic carbocycles. The van der Waals surface area contributed by atoms with Crippen LogP contribution in [0, 0.1) is 17.0 Å². The Morgan fingerprint density at radius 3 is 2.32 bits per heavy atom. The van der Waals surface area contributed by atoms with Crippen LogP contribution in [0.2, 0.25) is 0 Å². The van der Waals surface area contributed by atoms with Crippen molar-refractivity contribution in [2.45, 2.75) is 39.8 Å². The summed E-state index contributed by atoms with van der Waals surface area (Å²) in [5, 5.41) is 13.8. The number of fused-ring (bicyclic) bond motifs is 1. The number of para-hydroxylation sites is 2. The largest absolute Gasteiger partial charge is 0.329 e. The zero-order chi connectivity index (χ0) is 20.3. The topological polar surface area (TPSA) is 99.2 Å². The number of benzene rings is 2. The molecule has 1 N–H and O–H groups in total. The minimum Gasteiger partial charge on any atom is -0.326 e. The van der Waals surface area contributed by atoms with Gasteiger partial charge in [-0.1, -0.05) is 25.1 Å². The number of rotatable bonds is 7. The first-order valence-electron chi connectivity index (χ1n) is 9.16. The second kappa shape index (κ2) is 8.08. The Morgan fingerprint density at radius 1 is 1.07 bits per heavy atom. The molecular weight excluding hydrogens is 360 g/mol. The first kappa shape index (κ1) is 19.3. The summed E-state index contributed by atoms with van der Waals surface area (Å²) in [5.41, 5.74) is 2.26. The van der Waals surface area contributed by atoms with Gasteiger partial charge in [0.1, 0.15) is 0 Å². The first-order chi connectivity index (χ1) is 13.4. The third-order valence-electron chi connectivity index (χ3n) is 4.71. The predicted molar refractivity (Wildman–Crippen MR) is 108 cm³/mol. The van der Waals surface area contributed by atoms with Gasteiger partial charge in [-0.05, 0) is 31.5 Å². The zero-order valence-electron chi connectivity index (χ0n) is 15.8.